The van der Waals surface area contributed by atoms with Crippen molar-refractivity contribution in [3.63, 3.8) is 0 Å². The molecule has 1 fully saturated rings. The van der Waals surface area contributed by atoms with Crippen LogP contribution in [0.15, 0.2) is 42.5 Å². The molecule has 138 valence electrons. The van der Waals surface area contributed by atoms with Gasteiger partial charge in [0.05, 0.1) is 0 Å². The topological polar surface area (TPSA) is 50.4 Å². The zero-order chi connectivity index (χ0) is 18.5. The second-order valence-electron chi connectivity index (χ2n) is 6.54. The molecule has 0 saturated heterocycles. The molecule has 6 heteroatoms. The average molecular weight is 360 g/mol. The quantitative estimate of drug-likeness (QED) is 0.758. The molecule has 0 radical (unpaired) electrons. The molecule has 1 aliphatic rings. The molecule has 0 aliphatic heterocycles. The maximum absolute atomic E-state index is 13.7. The van der Waals surface area contributed by atoms with Gasteiger partial charge in [0.2, 0.25) is 0 Å². The third-order valence-corrected chi connectivity index (χ3v) is 4.30. The Morgan fingerprint density at radius 1 is 1.19 bits per heavy atom. The number of ether oxygens (including phenoxy) is 1. The summed E-state index contributed by atoms with van der Waals surface area (Å²) >= 11 is 0. The Labute approximate surface area is 151 Å². The number of halogens is 2. The van der Waals surface area contributed by atoms with E-state index >= 15 is 0 Å². The van der Waals surface area contributed by atoms with Gasteiger partial charge < -0.3 is 15.4 Å². The smallest absolute Gasteiger partial charge is 0.258 e. The third-order valence-electron chi connectivity index (χ3n) is 4.30. The lowest BCUT2D eigenvalue weighted by atomic mass is 10.1. The van der Waals surface area contributed by atoms with Crippen molar-refractivity contribution in [2.75, 3.05) is 6.61 Å². The van der Waals surface area contributed by atoms with Crippen LogP contribution in [0.4, 0.5) is 8.78 Å². The fourth-order valence-corrected chi connectivity index (χ4v) is 2.56. The van der Waals surface area contributed by atoms with Crippen molar-refractivity contribution in [2.45, 2.75) is 38.4 Å². The summed E-state index contributed by atoms with van der Waals surface area (Å²) in [5.41, 5.74) is 1.27. The van der Waals surface area contributed by atoms with Gasteiger partial charge in [-0.15, -0.1) is 0 Å². The average Bonchev–Trinajstić information content (AvgIpc) is 3.45. The molecule has 0 bridgehead atoms. The van der Waals surface area contributed by atoms with Crippen LogP contribution in [-0.2, 0) is 11.3 Å². The van der Waals surface area contributed by atoms with Gasteiger partial charge in [-0.05, 0) is 55.7 Å². The van der Waals surface area contributed by atoms with Crippen molar-refractivity contribution in [1.29, 1.82) is 0 Å². The number of rotatable bonds is 8. The van der Waals surface area contributed by atoms with Crippen LogP contribution in [0, 0.1) is 11.6 Å². The first kappa shape index (κ1) is 18.3. The van der Waals surface area contributed by atoms with Crippen LogP contribution in [0.25, 0.3) is 0 Å². The lowest BCUT2D eigenvalue weighted by Crippen LogP contribution is -2.30. The van der Waals surface area contributed by atoms with Crippen molar-refractivity contribution in [3.05, 3.63) is 65.2 Å². The SMILES string of the molecule is C[C@@H](NCc1cc(F)ccc1F)c1ccc(OCC(=O)NC2CC2)cc1. The molecule has 4 nitrogen and oxygen atoms in total. The predicted octanol–water partition coefficient (Wildman–Crippen LogP) is 3.47. The van der Waals surface area contributed by atoms with Gasteiger partial charge in [-0.3, -0.25) is 4.79 Å². The second kappa shape index (κ2) is 8.27. The highest BCUT2D eigenvalue weighted by Crippen LogP contribution is 2.20. The van der Waals surface area contributed by atoms with E-state index in [-0.39, 0.29) is 25.1 Å². The predicted molar refractivity (Wildman–Crippen MR) is 94.7 cm³/mol. The minimum Gasteiger partial charge on any atom is -0.484 e. The molecule has 0 heterocycles. The van der Waals surface area contributed by atoms with Crippen LogP contribution < -0.4 is 15.4 Å². The number of amides is 1. The van der Waals surface area contributed by atoms with Crippen LogP contribution in [0.1, 0.15) is 36.9 Å². The van der Waals surface area contributed by atoms with Gasteiger partial charge in [-0.1, -0.05) is 12.1 Å². The lowest BCUT2D eigenvalue weighted by Gasteiger charge is -2.15. The molecule has 0 spiro atoms. The van der Waals surface area contributed by atoms with Crippen molar-refractivity contribution in [2.24, 2.45) is 0 Å². The molecule has 1 amide bonds. The maximum Gasteiger partial charge on any atom is 0.258 e. The number of hydrogen-bond acceptors (Lipinski definition) is 3. The van der Waals surface area contributed by atoms with E-state index in [9.17, 15) is 13.6 Å². The zero-order valence-electron chi connectivity index (χ0n) is 14.6. The van der Waals surface area contributed by atoms with E-state index in [1.165, 1.54) is 6.07 Å². The van der Waals surface area contributed by atoms with E-state index in [1.54, 1.807) is 12.1 Å². The molecule has 1 aliphatic carbocycles. The van der Waals surface area contributed by atoms with Crippen LogP contribution in [0.2, 0.25) is 0 Å². The summed E-state index contributed by atoms with van der Waals surface area (Å²) in [7, 11) is 0. The summed E-state index contributed by atoms with van der Waals surface area (Å²) in [4.78, 5) is 11.6. The molecule has 1 atom stereocenters. The molecule has 0 unspecified atom stereocenters. The van der Waals surface area contributed by atoms with Crippen molar-refractivity contribution in [3.8, 4) is 5.75 Å². The molecule has 2 aromatic carbocycles. The first-order valence-electron chi connectivity index (χ1n) is 8.70. The fourth-order valence-electron chi connectivity index (χ4n) is 2.56. The summed E-state index contributed by atoms with van der Waals surface area (Å²) in [5.74, 6) is -0.380. The molecular formula is C20H22F2N2O2. The van der Waals surface area contributed by atoms with E-state index in [4.69, 9.17) is 4.74 Å². The summed E-state index contributed by atoms with van der Waals surface area (Å²) in [5, 5.41) is 6.03. The van der Waals surface area contributed by atoms with Gasteiger partial charge in [0.1, 0.15) is 17.4 Å². The second-order valence-corrected chi connectivity index (χ2v) is 6.54. The summed E-state index contributed by atoms with van der Waals surface area (Å²) in [6.07, 6.45) is 2.09. The maximum atomic E-state index is 13.7. The Bertz CT molecular complexity index is 761. The van der Waals surface area contributed by atoms with Crippen LogP contribution in [-0.4, -0.2) is 18.6 Å². The number of nitrogens with one attached hydrogen (secondary N) is 2. The first-order chi connectivity index (χ1) is 12.5. The Morgan fingerprint density at radius 2 is 1.92 bits per heavy atom. The Balaban J connectivity index is 1.49. The van der Waals surface area contributed by atoms with Gasteiger partial charge in [-0.2, -0.15) is 0 Å². The minimum atomic E-state index is -0.455. The van der Waals surface area contributed by atoms with Gasteiger partial charge in [0, 0.05) is 24.2 Å². The molecule has 3 rings (SSSR count). The monoisotopic (exact) mass is 360 g/mol. The summed E-state index contributed by atoms with van der Waals surface area (Å²) in [6.45, 7) is 2.17. The first-order valence-corrected chi connectivity index (χ1v) is 8.70. The van der Waals surface area contributed by atoms with Crippen LogP contribution >= 0.6 is 0 Å². The number of carbonyl (C=O) groups excluding carboxylic acids is 1. The Morgan fingerprint density at radius 3 is 2.62 bits per heavy atom. The normalized spacial score (nSPS) is 14.7. The molecule has 0 aromatic heterocycles. The highest BCUT2D eigenvalue weighted by molar-refractivity contribution is 5.78. The summed E-state index contributed by atoms with van der Waals surface area (Å²) in [6, 6.07) is 11.0. The number of hydrogen-bond donors (Lipinski definition) is 2. The zero-order valence-corrected chi connectivity index (χ0v) is 14.6. The highest BCUT2D eigenvalue weighted by atomic mass is 19.1. The molecule has 1 saturated carbocycles. The highest BCUT2D eigenvalue weighted by Gasteiger charge is 2.23. The standard InChI is InChI=1S/C20H22F2N2O2/c1-13(23-11-15-10-16(21)4-9-19(15)22)14-2-7-18(8-3-14)26-12-20(25)24-17-5-6-17/h2-4,7-10,13,17,23H,5-6,11-12H2,1H3,(H,24,25)/t13-/m1/s1. The largest absolute Gasteiger partial charge is 0.484 e. The van der Waals surface area contributed by atoms with Crippen molar-refractivity contribution >= 4 is 5.91 Å². The molecular weight excluding hydrogens is 338 g/mol. The third kappa shape index (κ3) is 5.26. The van der Waals surface area contributed by atoms with E-state index in [2.05, 4.69) is 10.6 Å². The van der Waals surface area contributed by atoms with Gasteiger partial charge >= 0.3 is 0 Å². The van der Waals surface area contributed by atoms with E-state index in [0.29, 0.717) is 17.4 Å². The van der Waals surface area contributed by atoms with E-state index < -0.39 is 11.6 Å². The van der Waals surface area contributed by atoms with E-state index in [1.807, 2.05) is 19.1 Å². The van der Waals surface area contributed by atoms with Gasteiger partial charge in [-0.25, -0.2) is 8.78 Å². The van der Waals surface area contributed by atoms with E-state index in [0.717, 1.165) is 30.5 Å². The molecule has 26 heavy (non-hydrogen) atoms. The van der Waals surface area contributed by atoms with Crippen LogP contribution in [0.5, 0.6) is 5.75 Å². The molecule has 2 aromatic rings. The van der Waals surface area contributed by atoms with Crippen molar-refractivity contribution in [1.82, 2.24) is 10.6 Å². The Kier molecular flexibility index (Phi) is 5.83. The minimum absolute atomic E-state index is 0.00248. The van der Waals surface area contributed by atoms with Gasteiger partial charge in [0.25, 0.3) is 5.91 Å². The number of benzene rings is 2. The number of carbonyl (C=O) groups is 1. The Hall–Kier alpha value is -2.47. The molecule has 2 N–H and O–H groups in total. The lowest BCUT2D eigenvalue weighted by molar-refractivity contribution is -0.123. The summed E-state index contributed by atoms with van der Waals surface area (Å²) < 4.78 is 32.3. The van der Waals surface area contributed by atoms with Crippen molar-refractivity contribution < 1.29 is 18.3 Å². The fraction of sp³-hybridized carbons (Fsp3) is 0.350. The van der Waals surface area contributed by atoms with Crippen LogP contribution in [0.3, 0.4) is 0 Å². The van der Waals surface area contributed by atoms with Gasteiger partial charge in [0.15, 0.2) is 6.61 Å².